The summed E-state index contributed by atoms with van der Waals surface area (Å²) in [6, 6.07) is 0. The van der Waals surface area contributed by atoms with Gasteiger partial charge >= 0.3 is 0 Å². The van der Waals surface area contributed by atoms with Crippen molar-refractivity contribution in [3.8, 4) is 0 Å². The lowest BCUT2D eigenvalue weighted by atomic mass is 10.4. The predicted molar refractivity (Wildman–Crippen MR) is 160 cm³/mol. The Bertz CT molecular complexity index is 514. The van der Waals surface area contributed by atoms with Crippen LogP contribution in [0.25, 0.3) is 0 Å². The van der Waals surface area contributed by atoms with Crippen molar-refractivity contribution in [1.29, 1.82) is 0 Å². The first-order valence-electron chi connectivity index (χ1n) is 8.13. The average Bonchev–Trinajstić information content (AvgIpc) is 3.26. The minimum atomic E-state index is 1.26. The Balaban J connectivity index is 1.99. The lowest BCUT2D eigenvalue weighted by Crippen LogP contribution is -1.83. The number of halogens is 2. The molecule has 26 heavy (non-hydrogen) atoms. The SMILES string of the molecule is CSC1=C(SC)SC(=C2SC(SCCCCI)=C(SCCCCI)S2)S1. The molecule has 0 N–H and O–H groups in total. The van der Waals surface area contributed by atoms with E-state index in [1.54, 1.807) is 8.47 Å². The molecule has 0 aliphatic carbocycles. The van der Waals surface area contributed by atoms with Crippen LogP contribution in [0.2, 0.25) is 0 Å². The first kappa shape index (κ1) is 25.7. The van der Waals surface area contributed by atoms with Gasteiger partial charge in [-0.2, -0.15) is 0 Å². The normalized spacial score (nSPS) is 18.0. The highest BCUT2D eigenvalue weighted by Gasteiger charge is 2.29. The Morgan fingerprint density at radius 2 is 1.00 bits per heavy atom. The van der Waals surface area contributed by atoms with E-state index in [9.17, 15) is 0 Å². The van der Waals surface area contributed by atoms with Gasteiger partial charge in [-0.25, -0.2) is 0 Å². The second-order valence-corrected chi connectivity index (χ2v) is 16.7. The molecule has 0 fully saturated rings. The summed E-state index contributed by atoms with van der Waals surface area (Å²) in [5, 5.41) is 0. The van der Waals surface area contributed by atoms with Crippen LogP contribution in [0.1, 0.15) is 25.7 Å². The van der Waals surface area contributed by atoms with Crippen molar-refractivity contribution >= 4 is 139 Å². The second-order valence-electron chi connectivity index (χ2n) is 5.03. The fraction of sp³-hybridized carbons (Fsp3) is 0.625. The number of thioether (sulfide) groups is 8. The third kappa shape index (κ3) is 8.55. The first-order chi connectivity index (χ1) is 12.7. The molecule has 0 saturated carbocycles. The zero-order valence-electron chi connectivity index (χ0n) is 14.7. The fourth-order valence-corrected chi connectivity index (χ4v) is 14.2. The van der Waals surface area contributed by atoms with Gasteiger partial charge in [-0.15, -0.1) is 47.0 Å². The molecule has 0 aromatic rings. The van der Waals surface area contributed by atoms with Crippen molar-refractivity contribution < 1.29 is 0 Å². The molecule has 0 unspecified atom stereocenters. The van der Waals surface area contributed by atoms with Crippen LogP contribution in [-0.4, -0.2) is 32.9 Å². The van der Waals surface area contributed by atoms with Crippen molar-refractivity contribution in [2.24, 2.45) is 0 Å². The molecular weight excluding hydrogens is 703 g/mol. The van der Waals surface area contributed by atoms with E-state index in [2.05, 4.69) is 81.2 Å². The standard InChI is InChI=1S/C16H22I2S8/c1-19-11-12(20-2)24-15(23-11)16-25-13(21-9-5-3-7-17)14(26-16)22-10-6-4-8-18/h3-10H2,1-2H3. The van der Waals surface area contributed by atoms with E-state index in [1.165, 1.54) is 63.0 Å². The van der Waals surface area contributed by atoms with Crippen LogP contribution in [-0.2, 0) is 0 Å². The van der Waals surface area contributed by atoms with Crippen LogP contribution < -0.4 is 0 Å². The van der Waals surface area contributed by atoms with E-state index in [1.807, 2.05) is 70.6 Å². The van der Waals surface area contributed by atoms with Gasteiger partial charge in [0.25, 0.3) is 0 Å². The molecule has 0 saturated heterocycles. The quantitative estimate of drug-likeness (QED) is 0.110. The van der Waals surface area contributed by atoms with Crippen LogP contribution in [0, 0.1) is 0 Å². The van der Waals surface area contributed by atoms with E-state index < -0.39 is 0 Å². The van der Waals surface area contributed by atoms with E-state index in [-0.39, 0.29) is 0 Å². The largest absolute Gasteiger partial charge is 0.121 e. The maximum Gasteiger partial charge on any atom is 0.0717 e. The Labute approximate surface area is 220 Å². The summed E-state index contributed by atoms with van der Waals surface area (Å²) in [7, 11) is 0. The number of hydrogen-bond donors (Lipinski definition) is 0. The molecule has 10 heteroatoms. The number of alkyl halides is 2. The third-order valence-corrected chi connectivity index (χ3v) is 16.1. The average molecular weight is 725 g/mol. The van der Waals surface area contributed by atoms with Crippen molar-refractivity contribution in [3.05, 3.63) is 25.4 Å². The van der Waals surface area contributed by atoms with Gasteiger partial charge in [0, 0.05) is 0 Å². The number of rotatable bonds is 12. The second kappa shape index (κ2) is 15.3. The molecule has 0 aromatic heterocycles. The summed E-state index contributed by atoms with van der Waals surface area (Å²) in [6.45, 7) is 0. The van der Waals surface area contributed by atoms with Gasteiger partial charge in [0.2, 0.25) is 0 Å². The Morgan fingerprint density at radius 1 is 0.615 bits per heavy atom. The smallest absolute Gasteiger partial charge is 0.0717 e. The summed E-state index contributed by atoms with van der Waals surface area (Å²) in [5.74, 6) is 2.52. The zero-order valence-corrected chi connectivity index (χ0v) is 25.5. The molecule has 2 aliphatic heterocycles. The van der Waals surface area contributed by atoms with E-state index >= 15 is 0 Å². The van der Waals surface area contributed by atoms with Gasteiger partial charge in [0.05, 0.1) is 25.4 Å². The molecule has 2 heterocycles. The summed E-state index contributed by atoms with van der Waals surface area (Å²) >= 11 is 21.0. The lowest BCUT2D eigenvalue weighted by Gasteiger charge is -2.04. The van der Waals surface area contributed by atoms with Gasteiger partial charge < -0.3 is 0 Å². The van der Waals surface area contributed by atoms with E-state index in [4.69, 9.17) is 0 Å². The number of hydrogen-bond acceptors (Lipinski definition) is 8. The summed E-state index contributed by atoms with van der Waals surface area (Å²) in [6.07, 6.45) is 9.74. The third-order valence-electron chi connectivity index (χ3n) is 3.13. The highest BCUT2D eigenvalue weighted by Crippen LogP contribution is 2.65. The van der Waals surface area contributed by atoms with Crippen LogP contribution in [0.5, 0.6) is 0 Å². The molecular formula is C16H22I2S8. The van der Waals surface area contributed by atoms with Crippen molar-refractivity contribution in [3.63, 3.8) is 0 Å². The predicted octanol–water partition coefficient (Wildman–Crippen LogP) is 9.95. The summed E-state index contributed by atoms with van der Waals surface area (Å²) < 4.78 is 11.7. The maximum atomic E-state index is 2.49. The molecule has 2 aliphatic rings. The van der Waals surface area contributed by atoms with Gasteiger partial charge in [-0.3, -0.25) is 0 Å². The number of unbranched alkanes of at least 4 members (excludes halogenated alkanes) is 2. The van der Waals surface area contributed by atoms with Crippen molar-refractivity contribution in [2.45, 2.75) is 25.7 Å². The van der Waals surface area contributed by atoms with Gasteiger partial charge in [0.15, 0.2) is 0 Å². The molecule has 148 valence electrons. The van der Waals surface area contributed by atoms with Gasteiger partial charge in [0.1, 0.15) is 0 Å². The minimum absolute atomic E-state index is 1.26. The minimum Gasteiger partial charge on any atom is -0.121 e. The molecule has 0 bridgehead atoms. The first-order valence-corrected chi connectivity index (χ1v) is 18.9. The van der Waals surface area contributed by atoms with Crippen LogP contribution >= 0.6 is 139 Å². The van der Waals surface area contributed by atoms with E-state index in [0.29, 0.717) is 0 Å². The highest BCUT2D eigenvalue weighted by molar-refractivity contribution is 14.1. The van der Waals surface area contributed by atoms with Crippen LogP contribution in [0.4, 0.5) is 0 Å². The lowest BCUT2D eigenvalue weighted by molar-refractivity contribution is 0.920. The van der Waals surface area contributed by atoms with Crippen LogP contribution in [0.15, 0.2) is 25.4 Å². The summed E-state index contributed by atoms with van der Waals surface area (Å²) in [4.78, 5) is 0. The topological polar surface area (TPSA) is 0 Å². The van der Waals surface area contributed by atoms with Gasteiger partial charge in [-0.1, -0.05) is 92.2 Å². The van der Waals surface area contributed by atoms with Crippen LogP contribution in [0.3, 0.4) is 0 Å². The molecule has 0 amide bonds. The van der Waals surface area contributed by atoms with Crippen molar-refractivity contribution in [2.75, 3.05) is 32.9 Å². The Hall–Kier alpha value is 3.48. The zero-order chi connectivity index (χ0) is 18.8. The van der Waals surface area contributed by atoms with Gasteiger partial charge in [-0.05, 0) is 58.6 Å². The molecule has 0 radical (unpaired) electrons. The molecule has 0 atom stereocenters. The molecule has 0 nitrogen and oxygen atoms in total. The van der Waals surface area contributed by atoms with E-state index in [0.717, 1.165) is 0 Å². The monoisotopic (exact) mass is 724 g/mol. The summed E-state index contributed by atoms with van der Waals surface area (Å²) in [5.41, 5.74) is 0. The molecule has 2 rings (SSSR count). The molecule has 0 spiro atoms. The highest BCUT2D eigenvalue weighted by atomic mass is 127. The molecule has 0 aromatic carbocycles. The maximum absolute atomic E-state index is 2.49. The van der Waals surface area contributed by atoms with Crippen molar-refractivity contribution in [1.82, 2.24) is 0 Å². The fourth-order valence-electron chi connectivity index (χ4n) is 1.86. The Morgan fingerprint density at radius 3 is 1.35 bits per heavy atom. The Kier molecular flexibility index (Phi) is 15.2.